The van der Waals surface area contributed by atoms with Crippen LogP contribution in [-0.4, -0.2) is 24.4 Å². The molecule has 7 atom stereocenters. The molecule has 2 heterocycles. The quantitative estimate of drug-likeness (QED) is 0.334. The Morgan fingerprint density at radius 2 is 1.72 bits per heavy atom. The summed E-state index contributed by atoms with van der Waals surface area (Å²) in [6.07, 6.45) is 21.0. The van der Waals surface area contributed by atoms with Crippen molar-refractivity contribution in [1.82, 2.24) is 4.98 Å². The van der Waals surface area contributed by atoms with Gasteiger partial charge in [0.1, 0.15) is 0 Å². The molecule has 0 radical (unpaired) electrons. The number of alkyl halides is 1. The number of hydrogen-bond donors (Lipinski definition) is 0. The molecule has 1 aromatic carbocycles. The minimum atomic E-state index is 0.151. The first-order valence-corrected chi connectivity index (χ1v) is 17.2. The zero-order chi connectivity index (χ0) is 30.2. The molecule has 4 aliphatic carbocycles. The molecule has 232 valence electrons. The van der Waals surface area contributed by atoms with Crippen molar-refractivity contribution in [2.75, 3.05) is 13.8 Å². The van der Waals surface area contributed by atoms with Crippen LogP contribution in [0.3, 0.4) is 0 Å². The zero-order valence-corrected chi connectivity index (χ0v) is 27.4. The van der Waals surface area contributed by atoms with Crippen molar-refractivity contribution in [3.63, 3.8) is 0 Å². The summed E-state index contributed by atoms with van der Waals surface area (Å²) >= 11 is 0. The van der Waals surface area contributed by atoms with Gasteiger partial charge in [-0.15, -0.1) is 0 Å². The minimum absolute atomic E-state index is 0.151. The molecule has 7 unspecified atom stereocenters. The monoisotopic (exact) mass is 583 g/mol. The maximum Gasteiger partial charge on any atom is 0.0785 e. The second-order valence-electron chi connectivity index (χ2n) is 15.5. The first-order chi connectivity index (χ1) is 20.8. The van der Waals surface area contributed by atoms with Crippen LogP contribution in [0.1, 0.15) is 121 Å². The topological polar surface area (TPSA) is 22.1 Å². The second kappa shape index (κ2) is 12.3. The lowest BCUT2D eigenvalue weighted by Crippen LogP contribution is -2.49. The molecule has 3 heteroatoms. The van der Waals surface area contributed by atoms with Gasteiger partial charge in [-0.1, -0.05) is 81.7 Å². The number of allylic oxidation sites excluding steroid dienone is 2. The minimum Gasteiger partial charge on any atom is -0.374 e. The highest BCUT2D eigenvalue weighted by molar-refractivity contribution is 5.68. The Bertz CT molecular complexity index is 1300. The fourth-order valence-corrected chi connectivity index (χ4v) is 10.3. The summed E-state index contributed by atoms with van der Waals surface area (Å²) < 4.78 is 16.3. The molecule has 0 bridgehead atoms. The summed E-state index contributed by atoms with van der Waals surface area (Å²) in [5, 5.41) is 0. The Morgan fingerprint density at radius 1 is 0.907 bits per heavy atom. The van der Waals surface area contributed by atoms with Crippen LogP contribution in [0.5, 0.6) is 0 Å². The smallest absolute Gasteiger partial charge is 0.0785 e. The van der Waals surface area contributed by atoms with Gasteiger partial charge in [0, 0.05) is 12.1 Å². The Kier molecular flexibility index (Phi) is 8.77. The third-order valence-corrected chi connectivity index (χ3v) is 12.7. The maximum absolute atomic E-state index is 9.50. The van der Waals surface area contributed by atoms with Crippen LogP contribution in [0, 0.1) is 34.5 Å². The van der Waals surface area contributed by atoms with Crippen LogP contribution >= 0.6 is 0 Å². The summed E-state index contributed by atoms with van der Waals surface area (Å²) in [6, 6.07) is 15.7. The molecule has 3 saturated carbocycles. The first-order valence-electron chi connectivity index (χ1n) is 17.2. The van der Waals surface area contributed by atoms with E-state index in [1.165, 1.54) is 76.2 Å². The SMILES string of the molecule is CCC1CCC2C3CCC4CC5(CCC4=C3C(c3ccc(/C=C/c4ccccn4)cc3)CC12C)CCC(C)(C)CO5.CF. The molecule has 1 aliphatic heterocycles. The fraction of sp³-hybridized carbons (Fsp3) is 0.625. The number of fused-ring (bicyclic) bond motifs is 4. The largest absolute Gasteiger partial charge is 0.374 e. The van der Waals surface area contributed by atoms with Crippen molar-refractivity contribution in [2.45, 2.75) is 110 Å². The lowest BCUT2D eigenvalue weighted by atomic mass is 9.50. The van der Waals surface area contributed by atoms with Crippen LogP contribution in [0.25, 0.3) is 12.2 Å². The van der Waals surface area contributed by atoms with Gasteiger partial charge in [-0.3, -0.25) is 9.37 Å². The Hall–Kier alpha value is -2.26. The van der Waals surface area contributed by atoms with Crippen LogP contribution < -0.4 is 0 Å². The number of hydrogen-bond acceptors (Lipinski definition) is 2. The molecule has 2 aromatic rings. The van der Waals surface area contributed by atoms with Gasteiger partial charge < -0.3 is 4.74 Å². The second-order valence-corrected chi connectivity index (χ2v) is 15.5. The number of ether oxygens (including phenoxy) is 1. The van der Waals surface area contributed by atoms with E-state index in [0.717, 1.165) is 36.0 Å². The van der Waals surface area contributed by atoms with Gasteiger partial charge in [0.25, 0.3) is 0 Å². The summed E-state index contributed by atoms with van der Waals surface area (Å²) in [5.41, 5.74) is 8.60. The number of nitrogens with zero attached hydrogens (tertiary/aromatic N) is 1. The number of aromatic nitrogens is 1. The standard InChI is InChI=1S/C39H51NO.CH3F/c1-5-30-15-18-35-33-17-14-29-24-39(22-21-37(2,3)26-41-39)20-19-32(29)36(33)34(25-38(30,35)4)28-12-9-27(10-13-28)11-16-31-8-6-7-23-40-31;1-2/h6-13,16,23,29-30,33-35H,5,14-15,17-22,24-26H2,1-4H3;1H3/b16-11+;. The van der Waals surface area contributed by atoms with E-state index in [1.807, 2.05) is 23.4 Å². The molecule has 7 rings (SSSR count). The summed E-state index contributed by atoms with van der Waals surface area (Å²) in [6.45, 7) is 10.9. The highest BCUT2D eigenvalue weighted by atomic mass is 19.1. The van der Waals surface area contributed by atoms with E-state index in [2.05, 4.69) is 81.2 Å². The molecule has 0 amide bonds. The molecular formula is C40H54FNO. The van der Waals surface area contributed by atoms with Gasteiger partial charge in [0.05, 0.1) is 25.1 Å². The third kappa shape index (κ3) is 5.81. The normalized spacial score (nSPS) is 36.5. The highest BCUT2D eigenvalue weighted by Gasteiger charge is 2.57. The van der Waals surface area contributed by atoms with Crippen LogP contribution in [0.15, 0.2) is 59.8 Å². The van der Waals surface area contributed by atoms with Crippen LogP contribution in [-0.2, 0) is 4.74 Å². The lowest BCUT2D eigenvalue weighted by molar-refractivity contribution is -0.144. The van der Waals surface area contributed by atoms with E-state index in [-0.39, 0.29) is 5.60 Å². The van der Waals surface area contributed by atoms with E-state index >= 15 is 0 Å². The summed E-state index contributed by atoms with van der Waals surface area (Å²) in [5.74, 6) is 3.89. The predicted octanol–water partition coefficient (Wildman–Crippen LogP) is 10.8. The average Bonchev–Trinajstić information content (AvgIpc) is 3.39. The van der Waals surface area contributed by atoms with Crippen molar-refractivity contribution in [3.05, 3.63) is 76.6 Å². The lowest BCUT2D eigenvalue weighted by Gasteiger charge is -2.56. The van der Waals surface area contributed by atoms with Gasteiger partial charge in [-0.2, -0.15) is 0 Å². The first kappa shape index (κ1) is 30.8. The van der Waals surface area contributed by atoms with E-state index in [4.69, 9.17) is 4.74 Å². The molecular weight excluding hydrogens is 529 g/mol. The van der Waals surface area contributed by atoms with Gasteiger partial charge in [0.2, 0.25) is 0 Å². The Labute approximate surface area is 260 Å². The van der Waals surface area contributed by atoms with Crippen molar-refractivity contribution in [3.8, 4) is 0 Å². The molecule has 4 fully saturated rings. The number of halogens is 1. The van der Waals surface area contributed by atoms with E-state index in [1.54, 1.807) is 5.56 Å². The van der Waals surface area contributed by atoms with Crippen LogP contribution in [0.4, 0.5) is 4.39 Å². The number of rotatable bonds is 4. The maximum atomic E-state index is 9.50. The van der Waals surface area contributed by atoms with Gasteiger partial charge in [-0.05, 0) is 128 Å². The zero-order valence-electron chi connectivity index (χ0n) is 27.4. The van der Waals surface area contributed by atoms with Crippen molar-refractivity contribution in [2.24, 2.45) is 34.5 Å². The van der Waals surface area contributed by atoms with E-state index in [9.17, 15) is 4.39 Å². The van der Waals surface area contributed by atoms with Crippen molar-refractivity contribution in [1.29, 1.82) is 0 Å². The predicted molar refractivity (Wildman–Crippen MR) is 177 cm³/mol. The third-order valence-electron chi connectivity index (χ3n) is 12.7. The molecule has 2 nitrogen and oxygen atoms in total. The number of benzene rings is 1. The van der Waals surface area contributed by atoms with E-state index < -0.39 is 0 Å². The van der Waals surface area contributed by atoms with Gasteiger partial charge >= 0.3 is 0 Å². The fourth-order valence-electron chi connectivity index (χ4n) is 10.3. The molecule has 5 aliphatic rings. The highest BCUT2D eigenvalue weighted by Crippen LogP contribution is 2.67. The van der Waals surface area contributed by atoms with Crippen molar-refractivity contribution >= 4 is 12.2 Å². The molecule has 0 N–H and O–H groups in total. The van der Waals surface area contributed by atoms with E-state index in [0.29, 0.717) is 23.9 Å². The molecule has 1 saturated heterocycles. The number of pyridine rings is 1. The summed E-state index contributed by atoms with van der Waals surface area (Å²) in [4.78, 5) is 4.46. The summed E-state index contributed by atoms with van der Waals surface area (Å²) in [7, 11) is 0.500. The Balaban J connectivity index is 0.00000161. The van der Waals surface area contributed by atoms with Crippen LogP contribution in [0.2, 0.25) is 0 Å². The van der Waals surface area contributed by atoms with Gasteiger partial charge in [-0.25, -0.2) is 0 Å². The van der Waals surface area contributed by atoms with Crippen molar-refractivity contribution < 1.29 is 9.13 Å². The molecule has 43 heavy (non-hydrogen) atoms. The molecule has 1 spiro atoms. The molecule has 1 aromatic heterocycles. The van der Waals surface area contributed by atoms with Gasteiger partial charge in [0.15, 0.2) is 0 Å². The Morgan fingerprint density at radius 3 is 2.42 bits per heavy atom. The average molecular weight is 584 g/mol.